The fourth-order valence-electron chi connectivity index (χ4n) is 1.98. The number of aromatic hydroxyl groups is 1. The molecule has 1 heterocycles. The molecule has 0 radical (unpaired) electrons. The van der Waals surface area contributed by atoms with Gasteiger partial charge in [-0.15, -0.1) is 11.3 Å². The van der Waals surface area contributed by atoms with Gasteiger partial charge in [0, 0.05) is 39.5 Å². The molecule has 0 fully saturated rings. The summed E-state index contributed by atoms with van der Waals surface area (Å²) in [6.07, 6.45) is 0. The van der Waals surface area contributed by atoms with E-state index in [9.17, 15) is 5.11 Å². The van der Waals surface area contributed by atoms with E-state index in [-0.39, 0.29) is 5.75 Å². The fourth-order valence-corrected chi connectivity index (χ4v) is 3.23. The summed E-state index contributed by atoms with van der Waals surface area (Å²) in [5.41, 5.74) is 2.05. The second-order valence-electron chi connectivity index (χ2n) is 4.67. The van der Waals surface area contributed by atoms with Crippen LogP contribution in [0.3, 0.4) is 0 Å². The molecule has 0 amide bonds. The van der Waals surface area contributed by atoms with Gasteiger partial charge in [0.25, 0.3) is 0 Å². The largest absolute Gasteiger partial charge is 0.504 e. The van der Waals surface area contributed by atoms with Crippen LogP contribution in [0.2, 0.25) is 5.02 Å². The van der Waals surface area contributed by atoms with Crippen LogP contribution in [0.4, 0.5) is 0 Å². The van der Waals surface area contributed by atoms with Crippen LogP contribution in [0.5, 0.6) is 11.5 Å². The Morgan fingerprint density at radius 3 is 2.60 bits per heavy atom. The van der Waals surface area contributed by atoms with Gasteiger partial charge in [0.05, 0.1) is 7.11 Å². The second kappa shape index (κ2) is 6.48. The number of phenols is 1. The summed E-state index contributed by atoms with van der Waals surface area (Å²) in [6.45, 7) is 5.55. The number of aryl methyl sites for hydroxylation is 2. The first-order valence-electron chi connectivity index (χ1n) is 6.33. The van der Waals surface area contributed by atoms with E-state index < -0.39 is 0 Å². The zero-order valence-corrected chi connectivity index (χ0v) is 13.4. The molecular weight excluding hydrogens is 294 g/mol. The van der Waals surface area contributed by atoms with E-state index >= 15 is 0 Å². The molecule has 0 saturated carbocycles. The van der Waals surface area contributed by atoms with Crippen molar-refractivity contribution in [3.8, 4) is 11.5 Å². The summed E-state index contributed by atoms with van der Waals surface area (Å²) in [5.74, 6) is 0.542. The maximum atomic E-state index is 10.0. The van der Waals surface area contributed by atoms with E-state index in [1.165, 1.54) is 22.4 Å². The van der Waals surface area contributed by atoms with Gasteiger partial charge in [0.15, 0.2) is 11.5 Å². The topological polar surface area (TPSA) is 41.5 Å². The molecule has 2 aromatic rings. The Balaban J connectivity index is 2.02. The maximum Gasteiger partial charge on any atom is 0.162 e. The smallest absolute Gasteiger partial charge is 0.162 e. The number of rotatable bonds is 5. The lowest BCUT2D eigenvalue weighted by Gasteiger charge is -2.10. The summed E-state index contributed by atoms with van der Waals surface area (Å²) in [4.78, 5) is 2.63. The molecule has 0 unspecified atom stereocenters. The Morgan fingerprint density at radius 2 is 2.00 bits per heavy atom. The predicted molar refractivity (Wildman–Crippen MR) is 84.0 cm³/mol. The first-order valence-corrected chi connectivity index (χ1v) is 7.52. The minimum atomic E-state index is 0.142. The number of hydrogen-bond donors (Lipinski definition) is 2. The van der Waals surface area contributed by atoms with Crippen molar-refractivity contribution in [3.05, 3.63) is 44.1 Å². The van der Waals surface area contributed by atoms with Crippen LogP contribution < -0.4 is 10.1 Å². The predicted octanol–water partition coefficient (Wildman–Crippen LogP) is 4.02. The SMILES string of the molecule is COc1cc(Cl)cc(CNCc2cc(C)c(C)s2)c1O. The van der Waals surface area contributed by atoms with Crippen molar-refractivity contribution < 1.29 is 9.84 Å². The van der Waals surface area contributed by atoms with Crippen molar-refractivity contribution in [1.82, 2.24) is 5.32 Å². The zero-order valence-electron chi connectivity index (χ0n) is 11.8. The molecule has 20 heavy (non-hydrogen) atoms. The third kappa shape index (κ3) is 3.45. The van der Waals surface area contributed by atoms with Gasteiger partial charge in [-0.25, -0.2) is 0 Å². The molecule has 108 valence electrons. The molecule has 0 bridgehead atoms. The highest BCUT2D eigenvalue weighted by Gasteiger charge is 2.10. The molecular formula is C15H18ClNO2S. The molecule has 0 atom stereocenters. The summed E-state index contributed by atoms with van der Waals surface area (Å²) < 4.78 is 5.09. The van der Waals surface area contributed by atoms with Gasteiger partial charge in [-0.1, -0.05) is 11.6 Å². The van der Waals surface area contributed by atoms with Crippen molar-refractivity contribution >= 4 is 22.9 Å². The van der Waals surface area contributed by atoms with E-state index in [0.717, 1.165) is 12.1 Å². The summed E-state index contributed by atoms with van der Waals surface area (Å²) in [5, 5.41) is 13.9. The first-order chi connectivity index (χ1) is 9.51. The minimum Gasteiger partial charge on any atom is -0.504 e. The van der Waals surface area contributed by atoms with Gasteiger partial charge in [-0.05, 0) is 31.5 Å². The Morgan fingerprint density at radius 1 is 1.25 bits per heavy atom. The van der Waals surface area contributed by atoms with Gasteiger partial charge in [0.2, 0.25) is 0 Å². The Kier molecular flexibility index (Phi) is 4.91. The lowest BCUT2D eigenvalue weighted by Crippen LogP contribution is -2.12. The van der Waals surface area contributed by atoms with E-state index in [2.05, 4.69) is 25.2 Å². The summed E-state index contributed by atoms with van der Waals surface area (Å²) in [6, 6.07) is 5.54. The molecule has 0 saturated heterocycles. The number of methoxy groups -OCH3 is 1. The van der Waals surface area contributed by atoms with Crippen LogP contribution in [0.1, 0.15) is 20.9 Å². The molecule has 0 aliphatic heterocycles. The third-order valence-electron chi connectivity index (χ3n) is 3.17. The number of nitrogens with one attached hydrogen (secondary N) is 1. The lowest BCUT2D eigenvalue weighted by molar-refractivity contribution is 0.369. The molecule has 1 aromatic heterocycles. The monoisotopic (exact) mass is 311 g/mol. The van der Waals surface area contributed by atoms with Gasteiger partial charge in [0.1, 0.15) is 0 Å². The second-order valence-corrected chi connectivity index (χ2v) is 6.45. The number of ether oxygens (including phenoxy) is 1. The average molecular weight is 312 g/mol. The average Bonchev–Trinajstić information content (AvgIpc) is 2.72. The van der Waals surface area contributed by atoms with Crippen LogP contribution in [-0.2, 0) is 13.1 Å². The van der Waals surface area contributed by atoms with Crippen molar-refractivity contribution in [1.29, 1.82) is 0 Å². The quantitative estimate of drug-likeness (QED) is 0.876. The number of hydrogen-bond acceptors (Lipinski definition) is 4. The van der Waals surface area contributed by atoms with E-state index in [0.29, 0.717) is 17.3 Å². The van der Waals surface area contributed by atoms with Gasteiger partial charge >= 0.3 is 0 Å². The van der Waals surface area contributed by atoms with Crippen molar-refractivity contribution in [3.63, 3.8) is 0 Å². The number of benzene rings is 1. The third-order valence-corrected chi connectivity index (χ3v) is 4.54. The normalized spacial score (nSPS) is 10.8. The molecule has 5 heteroatoms. The molecule has 0 spiro atoms. The van der Waals surface area contributed by atoms with E-state index in [1.54, 1.807) is 23.5 Å². The highest BCUT2D eigenvalue weighted by Crippen LogP contribution is 2.33. The standard InChI is InChI=1S/C15H18ClNO2S/c1-9-4-13(20-10(9)2)8-17-7-11-5-12(16)6-14(19-3)15(11)18/h4-6,17-18H,7-8H2,1-3H3. The van der Waals surface area contributed by atoms with Crippen LogP contribution in [0, 0.1) is 13.8 Å². The van der Waals surface area contributed by atoms with Gasteiger partial charge < -0.3 is 15.2 Å². The van der Waals surface area contributed by atoms with Crippen LogP contribution in [-0.4, -0.2) is 12.2 Å². The molecule has 0 aliphatic carbocycles. The molecule has 3 nitrogen and oxygen atoms in total. The van der Waals surface area contributed by atoms with E-state index in [4.69, 9.17) is 16.3 Å². The highest BCUT2D eigenvalue weighted by molar-refractivity contribution is 7.12. The zero-order chi connectivity index (χ0) is 14.7. The van der Waals surface area contributed by atoms with Crippen molar-refractivity contribution in [2.75, 3.05) is 7.11 Å². The fraction of sp³-hybridized carbons (Fsp3) is 0.333. The van der Waals surface area contributed by atoms with Gasteiger partial charge in [-0.3, -0.25) is 0 Å². The maximum absolute atomic E-state index is 10.0. The first kappa shape index (κ1) is 15.2. The summed E-state index contributed by atoms with van der Waals surface area (Å²) in [7, 11) is 1.51. The highest BCUT2D eigenvalue weighted by atomic mass is 35.5. The Hall–Kier alpha value is -1.23. The van der Waals surface area contributed by atoms with Crippen LogP contribution in [0.15, 0.2) is 18.2 Å². The van der Waals surface area contributed by atoms with Crippen molar-refractivity contribution in [2.24, 2.45) is 0 Å². The molecule has 2 rings (SSSR count). The van der Waals surface area contributed by atoms with Gasteiger partial charge in [-0.2, -0.15) is 0 Å². The summed E-state index contributed by atoms with van der Waals surface area (Å²) >= 11 is 7.79. The Bertz CT molecular complexity index is 591. The number of phenolic OH excluding ortho intramolecular Hbond substituents is 1. The van der Waals surface area contributed by atoms with Crippen LogP contribution >= 0.6 is 22.9 Å². The lowest BCUT2D eigenvalue weighted by atomic mass is 10.2. The molecule has 0 aliphatic rings. The molecule has 2 N–H and O–H groups in total. The van der Waals surface area contributed by atoms with Crippen molar-refractivity contribution in [2.45, 2.75) is 26.9 Å². The Labute approximate surface area is 128 Å². The van der Waals surface area contributed by atoms with Crippen LogP contribution in [0.25, 0.3) is 0 Å². The molecule has 1 aromatic carbocycles. The minimum absolute atomic E-state index is 0.142. The van der Waals surface area contributed by atoms with E-state index in [1.807, 2.05) is 0 Å². The number of thiophene rings is 1. The number of halogens is 1.